The zero-order chi connectivity index (χ0) is 15.6. The van der Waals surface area contributed by atoms with E-state index in [4.69, 9.17) is 4.74 Å². The van der Waals surface area contributed by atoms with Crippen LogP contribution < -0.4 is 5.32 Å². The minimum Gasteiger partial charge on any atom is -0.445 e. The summed E-state index contributed by atoms with van der Waals surface area (Å²) in [4.78, 5) is 15.5. The van der Waals surface area contributed by atoms with Crippen molar-refractivity contribution in [3.8, 4) is 0 Å². The number of hydrogen-bond donors (Lipinski definition) is 1. The van der Waals surface area contributed by atoms with Gasteiger partial charge < -0.3 is 15.0 Å². The van der Waals surface area contributed by atoms with Gasteiger partial charge in [0, 0.05) is 30.1 Å². The van der Waals surface area contributed by atoms with Gasteiger partial charge in [-0.3, -0.25) is 0 Å². The fourth-order valence-corrected chi connectivity index (χ4v) is 3.95. The first-order valence-electron chi connectivity index (χ1n) is 7.79. The predicted molar refractivity (Wildman–Crippen MR) is 90.9 cm³/mol. The molecule has 4 nitrogen and oxygen atoms in total. The van der Waals surface area contributed by atoms with E-state index in [1.54, 1.807) is 16.2 Å². The van der Waals surface area contributed by atoms with Crippen molar-refractivity contribution in [1.82, 2.24) is 10.2 Å². The van der Waals surface area contributed by atoms with Crippen LogP contribution in [0.4, 0.5) is 4.79 Å². The van der Waals surface area contributed by atoms with Crippen molar-refractivity contribution in [2.45, 2.75) is 19.6 Å². The largest absolute Gasteiger partial charge is 0.445 e. The summed E-state index contributed by atoms with van der Waals surface area (Å²) >= 11 is 1.77. The average Bonchev–Trinajstić information content (AvgIpc) is 3.09. The van der Waals surface area contributed by atoms with Crippen molar-refractivity contribution in [3.63, 3.8) is 0 Å². The number of carbonyl (C=O) groups is 1. The van der Waals surface area contributed by atoms with Crippen molar-refractivity contribution >= 4 is 23.0 Å². The molecule has 0 fully saturated rings. The summed E-state index contributed by atoms with van der Waals surface area (Å²) in [5, 5.41) is 5.61. The third-order valence-electron chi connectivity index (χ3n) is 4.34. The Morgan fingerprint density at radius 2 is 2.13 bits per heavy atom. The zero-order valence-corrected chi connectivity index (χ0v) is 13.6. The normalized spacial score (nSPS) is 16.4. The van der Waals surface area contributed by atoms with Crippen molar-refractivity contribution in [1.29, 1.82) is 0 Å². The van der Waals surface area contributed by atoms with Gasteiger partial charge >= 0.3 is 6.09 Å². The number of carbonyl (C=O) groups excluding carboxylic acids is 1. The fourth-order valence-electron chi connectivity index (χ4n) is 3.11. The Bertz CT molecular complexity index is 751. The topological polar surface area (TPSA) is 41.6 Å². The number of fused-ring (bicyclic) bond motifs is 2. The lowest BCUT2D eigenvalue weighted by Gasteiger charge is -2.33. The first-order valence-corrected chi connectivity index (χ1v) is 8.67. The van der Waals surface area contributed by atoms with E-state index in [0.29, 0.717) is 19.7 Å². The van der Waals surface area contributed by atoms with Crippen LogP contribution in [0.15, 0.2) is 47.5 Å². The van der Waals surface area contributed by atoms with Gasteiger partial charge in [0.25, 0.3) is 0 Å². The van der Waals surface area contributed by atoms with E-state index < -0.39 is 0 Å². The Kier molecular flexibility index (Phi) is 3.79. The van der Waals surface area contributed by atoms with Gasteiger partial charge in [0.05, 0.1) is 6.54 Å². The summed E-state index contributed by atoms with van der Waals surface area (Å²) in [5.74, 6) is 0. The molecular weight excluding hydrogens is 308 g/mol. The quantitative estimate of drug-likeness (QED) is 0.917. The molecule has 1 N–H and O–H groups in total. The van der Waals surface area contributed by atoms with Gasteiger partial charge in [-0.05, 0) is 28.1 Å². The van der Waals surface area contributed by atoms with Gasteiger partial charge in [0.15, 0.2) is 0 Å². The minimum atomic E-state index is -0.234. The number of amides is 1. The van der Waals surface area contributed by atoms with Crippen LogP contribution in [0.5, 0.6) is 0 Å². The standard InChI is InChI=1S/C18H18N2O2S/c21-18(22-12-13-4-2-1-3-5-13)20-8-6-16-15(11-20)14-7-9-23-17(14)10-19-16/h1-5,7,9,19H,6,8,10-12H2. The molecule has 0 unspecified atom stereocenters. The average molecular weight is 326 g/mol. The van der Waals surface area contributed by atoms with Crippen LogP contribution in [-0.4, -0.2) is 24.1 Å². The van der Waals surface area contributed by atoms with Gasteiger partial charge in [0.2, 0.25) is 0 Å². The van der Waals surface area contributed by atoms with Crippen LogP contribution in [0.2, 0.25) is 0 Å². The maximum Gasteiger partial charge on any atom is 0.410 e. The molecule has 2 aromatic rings. The molecule has 0 saturated heterocycles. The molecule has 5 heteroatoms. The van der Waals surface area contributed by atoms with E-state index in [9.17, 15) is 4.79 Å². The van der Waals surface area contributed by atoms with Crippen LogP contribution in [0.1, 0.15) is 22.4 Å². The van der Waals surface area contributed by atoms with E-state index in [0.717, 1.165) is 18.5 Å². The lowest BCUT2D eigenvalue weighted by Crippen LogP contribution is -2.40. The van der Waals surface area contributed by atoms with E-state index >= 15 is 0 Å². The second-order valence-corrected chi connectivity index (χ2v) is 6.78. The van der Waals surface area contributed by atoms with E-state index in [2.05, 4.69) is 16.8 Å². The lowest BCUT2D eigenvalue weighted by atomic mass is 9.96. The number of nitrogens with one attached hydrogen (secondary N) is 1. The summed E-state index contributed by atoms with van der Waals surface area (Å²) in [6, 6.07) is 12.0. The van der Waals surface area contributed by atoms with Crippen molar-refractivity contribution in [2.24, 2.45) is 0 Å². The van der Waals surface area contributed by atoms with Crippen molar-refractivity contribution in [3.05, 3.63) is 63.5 Å². The van der Waals surface area contributed by atoms with Gasteiger partial charge in [-0.1, -0.05) is 30.3 Å². The molecule has 1 aromatic carbocycles. The van der Waals surface area contributed by atoms with E-state index in [-0.39, 0.29) is 6.09 Å². The third kappa shape index (κ3) is 2.84. The molecule has 0 bridgehead atoms. The first kappa shape index (κ1) is 14.3. The lowest BCUT2D eigenvalue weighted by molar-refractivity contribution is 0.0995. The maximum absolute atomic E-state index is 12.4. The summed E-state index contributed by atoms with van der Waals surface area (Å²) < 4.78 is 5.46. The Morgan fingerprint density at radius 1 is 1.26 bits per heavy atom. The molecule has 0 saturated carbocycles. The van der Waals surface area contributed by atoms with Crippen molar-refractivity contribution in [2.75, 3.05) is 13.1 Å². The molecule has 0 radical (unpaired) electrons. The predicted octanol–water partition coefficient (Wildman–Crippen LogP) is 3.60. The number of thiophene rings is 1. The van der Waals surface area contributed by atoms with Gasteiger partial charge in [-0.25, -0.2) is 4.79 Å². The smallest absolute Gasteiger partial charge is 0.410 e. The molecular formula is C18H18N2O2S. The van der Waals surface area contributed by atoms with E-state index in [1.165, 1.54) is 21.7 Å². The van der Waals surface area contributed by atoms with Crippen LogP contribution in [-0.2, 0) is 17.9 Å². The number of ether oxygens (including phenoxy) is 1. The Balaban J connectivity index is 1.44. The Hall–Kier alpha value is -2.27. The third-order valence-corrected chi connectivity index (χ3v) is 5.26. The molecule has 118 valence electrons. The number of nitrogens with zero attached hydrogens (tertiary/aromatic N) is 1. The molecule has 4 rings (SSSR count). The van der Waals surface area contributed by atoms with Gasteiger partial charge in [-0.2, -0.15) is 0 Å². The molecule has 1 amide bonds. The number of benzene rings is 1. The zero-order valence-electron chi connectivity index (χ0n) is 12.7. The highest BCUT2D eigenvalue weighted by molar-refractivity contribution is 7.10. The highest BCUT2D eigenvalue weighted by Gasteiger charge is 2.28. The van der Waals surface area contributed by atoms with Gasteiger partial charge in [0.1, 0.15) is 6.61 Å². The molecule has 0 atom stereocenters. The van der Waals surface area contributed by atoms with Crippen LogP contribution in [0.25, 0.3) is 5.57 Å². The summed E-state index contributed by atoms with van der Waals surface area (Å²) in [7, 11) is 0. The molecule has 3 heterocycles. The Labute approximate surface area is 139 Å². The summed E-state index contributed by atoms with van der Waals surface area (Å²) in [5.41, 5.74) is 4.83. The highest BCUT2D eigenvalue weighted by Crippen LogP contribution is 2.34. The second kappa shape index (κ2) is 6.08. The molecule has 0 spiro atoms. The summed E-state index contributed by atoms with van der Waals surface area (Å²) in [6.45, 7) is 2.56. The highest BCUT2D eigenvalue weighted by atomic mass is 32.1. The van der Waals surface area contributed by atoms with Crippen LogP contribution in [0.3, 0.4) is 0 Å². The molecule has 23 heavy (non-hydrogen) atoms. The maximum atomic E-state index is 12.4. The number of hydrogen-bond acceptors (Lipinski definition) is 4. The monoisotopic (exact) mass is 326 g/mol. The Morgan fingerprint density at radius 3 is 3.00 bits per heavy atom. The van der Waals surface area contributed by atoms with Crippen LogP contribution >= 0.6 is 11.3 Å². The molecule has 0 aliphatic carbocycles. The van der Waals surface area contributed by atoms with Crippen LogP contribution in [0, 0.1) is 0 Å². The number of rotatable bonds is 2. The fraction of sp³-hybridized carbons (Fsp3) is 0.278. The first-order chi connectivity index (χ1) is 11.3. The molecule has 2 aliphatic rings. The SMILES string of the molecule is O=C(OCc1ccccc1)N1CCC2=C(C1)c1ccsc1CN2. The van der Waals surface area contributed by atoms with Gasteiger partial charge in [-0.15, -0.1) is 11.3 Å². The molecule has 1 aromatic heterocycles. The van der Waals surface area contributed by atoms with E-state index in [1.807, 2.05) is 30.3 Å². The minimum absolute atomic E-state index is 0.234. The second-order valence-electron chi connectivity index (χ2n) is 5.78. The van der Waals surface area contributed by atoms with Crippen molar-refractivity contribution < 1.29 is 9.53 Å². The summed E-state index contributed by atoms with van der Waals surface area (Å²) in [6.07, 6.45) is 0.633. The molecule has 2 aliphatic heterocycles.